The molecule has 5 nitrogen and oxygen atoms in total. The number of aryl methyl sites for hydroxylation is 4. The van der Waals surface area contributed by atoms with E-state index in [0.717, 1.165) is 12.1 Å². The molecule has 5 rings (SSSR count). The molecule has 0 unspecified atom stereocenters. The Kier molecular flexibility index (Phi) is 16.5. The van der Waals surface area contributed by atoms with Gasteiger partial charge in [-0.1, -0.05) is 24.1 Å². The van der Waals surface area contributed by atoms with Gasteiger partial charge in [0.2, 0.25) is 0 Å². The summed E-state index contributed by atoms with van der Waals surface area (Å²) in [4.78, 5) is -0.178. The number of unbranched alkanes of at least 4 members (excludes halogenated alkanes) is 1. The third-order valence-corrected chi connectivity index (χ3v) is 6.78. The van der Waals surface area contributed by atoms with E-state index in [0.29, 0.717) is 0 Å². The van der Waals surface area contributed by atoms with Crippen LogP contribution in [0.3, 0.4) is 0 Å². The summed E-state index contributed by atoms with van der Waals surface area (Å²) in [6, 6.07) is 33.1. The summed E-state index contributed by atoms with van der Waals surface area (Å²) in [6.07, 6.45) is 12.2. The number of nitrogens with zero attached hydrogens (tertiary/aromatic N) is 2. The molecule has 0 saturated carbocycles. The fourth-order valence-electron chi connectivity index (χ4n) is 3.72. The number of benzene rings is 1. The minimum Gasteiger partial charge on any atom is -1.00 e. The van der Waals surface area contributed by atoms with Crippen LogP contribution >= 0.6 is 0 Å². The van der Waals surface area contributed by atoms with E-state index in [4.69, 9.17) is 0 Å². The van der Waals surface area contributed by atoms with Gasteiger partial charge in [0, 0.05) is 30.7 Å². The smallest absolute Gasteiger partial charge is 1.00 e. The van der Waals surface area contributed by atoms with Gasteiger partial charge < -0.3 is 28.5 Å². The predicted octanol–water partition coefficient (Wildman–Crippen LogP) is 2.51. The molecule has 2 aromatic heterocycles. The van der Waals surface area contributed by atoms with E-state index in [-0.39, 0.29) is 45.9 Å². The van der Waals surface area contributed by atoms with E-state index in [1.807, 2.05) is 44.3 Å². The first kappa shape index (κ1) is 35.4. The Bertz CT molecular complexity index is 1400. The molecule has 0 saturated heterocycles. The minimum absolute atomic E-state index is 0. The van der Waals surface area contributed by atoms with Crippen LogP contribution in [0.25, 0.3) is 11.1 Å². The van der Waals surface area contributed by atoms with E-state index in [1.54, 1.807) is 12.1 Å². The van der Waals surface area contributed by atoms with Crippen molar-refractivity contribution >= 4 is 10.1 Å². The maximum absolute atomic E-state index is 10.4. The van der Waals surface area contributed by atoms with Crippen LogP contribution in [0, 0.1) is 6.92 Å². The zero-order chi connectivity index (χ0) is 27.2. The fraction of sp³-hybridized carbons (Fsp3) is 0.188. The molecule has 0 N–H and O–H groups in total. The van der Waals surface area contributed by atoms with Crippen molar-refractivity contribution in [1.29, 1.82) is 0 Å². The summed E-state index contributed by atoms with van der Waals surface area (Å²) in [5, 5.41) is 0. The molecule has 5 aromatic rings. The van der Waals surface area contributed by atoms with Gasteiger partial charge in [-0.3, -0.25) is 0 Å². The van der Waals surface area contributed by atoms with Crippen LogP contribution in [0.1, 0.15) is 24.0 Å². The molecular weight excluding hydrogens is 675 g/mol. The molecule has 0 aliphatic carbocycles. The molecular formula is C32H35FeIN2O3S. The molecule has 0 radical (unpaired) electrons. The molecule has 0 atom stereocenters. The van der Waals surface area contributed by atoms with Crippen molar-refractivity contribution in [2.45, 2.75) is 37.6 Å². The largest absolute Gasteiger partial charge is 2.00 e. The van der Waals surface area contributed by atoms with Gasteiger partial charge in [0.1, 0.15) is 23.7 Å². The van der Waals surface area contributed by atoms with E-state index < -0.39 is 10.1 Å². The molecule has 0 aliphatic rings. The van der Waals surface area contributed by atoms with Gasteiger partial charge in [-0.15, -0.1) is 0 Å². The zero-order valence-electron chi connectivity index (χ0n) is 22.7. The summed E-state index contributed by atoms with van der Waals surface area (Å²) < 4.78 is 35.5. The number of hydrogen-bond donors (Lipinski definition) is 0. The van der Waals surface area contributed by atoms with Crippen LogP contribution in [0.5, 0.6) is 0 Å². The fourth-order valence-corrected chi connectivity index (χ4v) is 4.19. The minimum atomic E-state index is -4.27. The summed E-state index contributed by atoms with van der Waals surface area (Å²) in [5.41, 5.74) is 4.92. The number of rotatable bonds is 7. The number of hydrogen-bond acceptors (Lipinski definition) is 3. The SMILES string of the molecule is C[n+]1ccc(-c2cc[n+](CCCCc3ccc[cH-]3)cc2)cc1.Cc1ccc(S(=O)(=O)[O-])cc1.[Fe+2].[I-].c1cc[cH-]c1. The summed E-state index contributed by atoms with van der Waals surface area (Å²) >= 11 is 0. The topological polar surface area (TPSA) is 65.0 Å². The maximum atomic E-state index is 10.4. The van der Waals surface area contributed by atoms with Crippen molar-refractivity contribution in [3.63, 3.8) is 0 Å². The van der Waals surface area contributed by atoms with Crippen molar-refractivity contribution < 1.29 is 63.2 Å². The van der Waals surface area contributed by atoms with Crippen molar-refractivity contribution in [2.75, 3.05) is 0 Å². The second kappa shape index (κ2) is 18.7. The zero-order valence-corrected chi connectivity index (χ0v) is 26.8. The predicted molar refractivity (Wildman–Crippen MR) is 149 cm³/mol. The van der Waals surface area contributed by atoms with Crippen LogP contribution in [-0.4, -0.2) is 13.0 Å². The average Bonchev–Trinajstić information content (AvgIpc) is 3.65. The molecule has 0 amide bonds. The van der Waals surface area contributed by atoms with Gasteiger partial charge in [0.25, 0.3) is 0 Å². The Hall–Kier alpha value is -2.62. The van der Waals surface area contributed by atoms with Gasteiger partial charge in [-0.05, 0) is 36.6 Å². The van der Waals surface area contributed by atoms with E-state index in [2.05, 4.69) is 82.5 Å². The van der Waals surface area contributed by atoms with Gasteiger partial charge >= 0.3 is 17.1 Å². The van der Waals surface area contributed by atoms with E-state index in [9.17, 15) is 13.0 Å². The molecule has 40 heavy (non-hydrogen) atoms. The third kappa shape index (κ3) is 13.2. The molecule has 8 heteroatoms. The van der Waals surface area contributed by atoms with E-state index >= 15 is 0 Å². The first-order valence-corrected chi connectivity index (χ1v) is 14.1. The first-order valence-electron chi connectivity index (χ1n) is 12.7. The van der Waals surface area contributed by atoms with Gasteiger partial charge in [0.05, 0.1) is 4.90 Å². The second-order valence-electron chi connectivity index (χ2n) is 9.06. The molecule has 0 aliphatic heterocycles. The normalized spacial score (nSPS) is 10.1. The number of halogens is 1. The van der Waals surface area contributed by atoms with Gasteiger partial charge in [0.15, 0.2) is 24.8 Å². The van der Waals surface area contributed by atoms with Crippen LogP contribution in [-0.2, 0) is 47.2 Å². The van der Waals surface area contributed by atoms with Crippen LogP contribution in [0.15, 0.2) is 133 Å². The molecule has 0 bridgehead atoms. The van der Waals surface area contributed by atoms with Crippen molar-refractivity contribution in [3.05, 3.63) is 139 Å². The van der Waals surface area contributed by atoms with Crippen LogP contribution in [0.4, 0.5) is 0 Å². The van der Waals surface area contributed by atoms with Crippen molar-refractivity contribution in [1.82, 2.24) is 0 Å². The summed E-state index contributed by atoms with van der Waals surface area (Å²) in [7, 11) is -2.23. The average molecular weight is 710 g/mol. The summed E-state index contributed by atoms with van der Waals surface area (Å²) in [6.45, 7) is 2.91. The van der Waals surface area contributed by atoms with Crippen LogP contribution in [0.2, 0.25) is 0 Å². The summed E-state index contributed by atoms with van der Waals surface area (Å²) in [5.74, 6) is 0. The van der Waals surface area contributed by atoms with Crippen molar-refractivity contribution in [3.8, 4) is 11.1 Å². The maximum Gasteiger partial charge on any atom is 2.00 e. The Labute approximate surface area is 266 Å². The standard InChI is InChI=1S/C20H23N2.C7H8O3S.C5H5.Fe.HI/c1-21-14-9-19(10-15-21)20-11-16-22(17-12-20)13-5-4-8-18-6-2-3-7-18;1-6-2-4-7(5-3-6)11(8,9)10;1-2-4-5-3-1;;/h2-3,6-7,9-12,14-17H,4-5,8,13H2,1H3;2-5H,1H3,(H,8,9,10);1-5H;;1H/q+1;;-1;+2;/p-2. The third-order valence-electron chi connectivity index (χ3n) is 5.93. The van der Waals surface area contributed by atoms with Crippen LogP contribution < -0.4 is 33.1 Å². The molecule has 212 valence electrons. The van der Waals surface area contributed by atoms with Crippen molar-refractivity contribution in [2.24, 2.45) is 7.05 Å². The Morgan fingerprint density at radius 2 is 1.35 bits per heavy atom. The molecule has 0 spiro atoms. The van der Waals surface area contributed by atoms with Gasteiger partial charge in [-0.25, -0.2) is 41.8 Å². The second-order valence-corrected chi connectivity index (χ2v) is 10.4. The van der Waals surface area contributed by atoms with Gasteiger partial charge in [-0.2, -0.15) is 35.9 Å². The molecule has 3 aromatic carbocycles. The Morgan fingerprint density at radius 1 is 0.775 bits per heavy atom. The Morgan fingerprint density at radius 3 is 1.82 bits per heavy atom. The first-order chi connectivity index (χ1) is 18.3. The quantitative estimate of drug-likeness (QED) is 0.0652. The molecule has 2 heterocycles. The van der Waals surface area contributed by atoms with E-state index in [1.165, 1.54) is 48.1 Å². The number of pyridine rings is 2. The Balaban J connectivity index is 0.000000371. The monoisotopic (exact) mass is 710 g/mol. The number of aromatic nitrogens is 2. The molecule has 0 fully saturated rings.